The molecule has 1 aliphatic carbocycles. The summed E-state index contributed by atoms with van der Waals surface area (Å²) in [6, 6.07) is 20.8. The van der Waals surface area contributed by atoms with Gasteiger partial charge in [-0.25, -0.2) is 0 Å². The quantitative estimate of drug-likeness (QED) is 0.188. The molecule has 1 aliphatic rings. The molecule has 4 aromatic rings. The van der Waals surface area contributed by atoms with Crippen LogP contribution in [-0.4, -0.2) is 26.9 Å². The third-order valence-electron chi connectivity index (χ3n) is 6.91. The van der Waals surface area contributed by atoms with Crippen LogP contribution < -0.4 is 5.32 Å². The van der Waals surface area contributed by atoms with Gasteiger partial charge in [0, 0.05) is 17.7 Å². The molecule has 1 heterocycles. The van der Waals surface area contributed by atoms with Crippen molar-refractivity contribution in [3.05, 3.63) is 102 Å². The lowest BCUT2D eigenvalue weighted by molar-refractivity contribution is -0.141. The summed E-state index contributed by atoms with van der Waals surface area (Å²) < 4.78 is 5.76. The number of aliphatic hydroxyl groups excluding tert-OH is 1. The Labute approximate surface area is 226 Å². The first kappa shape index (κ1) is 26.1. The third-order valence-corrected chi connectivity index (χ3v) is 6.91. The molecular weight excluding hydrogens is 492 g/mol. The number of carboxylic acid groups (broad SMARTS) is 1. The van der Waals surface area contributed by atoms with Crippen LogP contribution in [0.4, 0.5) is 11.7 Å². The minimum Gasteiger partial charge on any atom is -0.481 e. The smallest absolute Gasteiger partial charge is 0.307 e. The monoisotopic (exact) mass is 522 g/mol. The third kappa shape index (κ3) is 6.33. The Hall–Kier alpha value is -4.49. The number of Topliss-reactive ketones (excluding diaryl/α,β-unsaturated/α-hetero) is 1. The van der Waals surface area contributed by atoms with E-state index < -0.39 is 18.0 Å². The number of ketones is 1. The van der Waals surface area contributed by atoms with E-state index in [1.807, 2.05) is 54.6 Å². The number of nitrogens with one attached hydrogen (secondary N) is 1. The van der Waals surface area contributed by atoms with E-state index in [1.54, 1.807) is 31.2 Å². The molecule has 0 amide bonds. The van der Waals surface area contributed by atoms with E-state index in [1.165, 1.54) is 0 Å². The van der Waals surface area contributed by atoms with E-state index in [4.69, 9.17) is 4.42 Å². The Bertz CT molecular complexity index is 1550. The summed E-state index contributed by atoms with van der Waals surface area (Å²) in [7, 11) is 0. The molecule has 2 unspecified atom stereocenters. The fourth-order valence-corrected chi connectivity index (χ4v) is 4.67. The van der Waals surface area contributed by atoms with Crippen molar-refractivity contribution in [2.45, 2.75) is 38.7 Å². The topological polar surface area (TPSA) is 113 Å². The summed E-state index contributed by atoms with van der Waals surface area (Å²) in [6.07, 6.45) is 7.69. The van der Waals surface area contributed by atoms with Gasteiger partial charge in [0.1, 0.15) is 5.52 Å². The molecular formula is C32H30N2O5. The molecule has 0 saturated heterocycles. The van der Waals surface area contributed by atoms with Gasteiger partial charge in [-0.3, -0.25) is 9.59 Å². The van der Waals surface area contributed by atoms with Gasteiger partial charge in [-0.15, -0.1) is 0 Å². The van der Waals surface area contributed by atoms with Crippen LogP contribution in [-0.2, 0) is 4.79 Å². The molecule has 198 valence electrons. The predicted molar refractivity (Wildman–Crippen MR) is 151 cm³/mol. The number of carboxylic acids is 1. The SMILES string of the molecule is CC(O)c1ccc2oc(Nc3ccc(-c4ccc(C(=O)CC(CC5=CCCC=C5)C(=O)O)cc4)cc3)nc2c1. The standard InChI is InChI=1S/C32H30N2O5/c1-20(35)25-13-16-30-28(18-25)34-32(39-30)33-27-14-11-23(12-15-27)22-7-9-24(10-8-22)29(36)19-26(31(37)38)17-21-5-3-2-4-6-21/h3,5-16,18,20,26,35H,2,4,17,19H2,1H3,(H,33,34)(H,37,38). The lowest BCUT2D eigenvalue weighted by Gasteiger charge is -2.14. The molecule has 7 heteroatoms. The number of allylic oxidation sites excluding steroid dienone is 4. The highest BCUT2D eigenvalue weighted by molar-refractivity contribution is 5.98. The number of anilines is 2. The van der Waals surface area contributed by atoms with Crippen molar-refractivity contribution in [1.82, 2.24) is 4.98 Å². The molecule has 2 atom stereocenters. The minimum absolute atomic E-state index is 0.0314. The predicted octanol–water partition coefficient (Wildman–Crippen LogP) is 7.23. The average molecular weight is 523 g/mol. The summed E-state index contributed by atoms with van der Waals surface area (Å²) in [6.45, 7) is 1.71. The van der Waals surface area contributed by atoms with Crippen molar-refractivity contribution in [1.29, 1.82) is 0 Å². The number of fused-ring (bicyclic) bond motifs is 1. The van der Waals surface area contributed by atoms with E-state index >= 15 is 0 Å². The first-order valence-corrected chi connectivity index (χ1v) is 13.0. The highest BCUT2D eigenvalue weighted by Gasteiger charge is 2.23. The number of hydrogen-bond acceptors (Lipinski definition) is 6. The summed E-state index contributed by atoms with van der Waals surface area (Å²) >= 11 is 0. The number of oxazole rings is 1. The Kier molecular flexibility index (Phi) is 7.70. The number of aliphatic carboxylic acids is 1. The number of nitrogens with zero attached hydrogens (tertiary/aromatic N) is 1. The lowest BCUT2D eigenvalue weighted by Crippen LogP contribution is -2.19. The zero-order valence-electron chi connectivity index (χ0n) is 21.6. The number of hydrogen-bond donors (Lipinski definition) is 3. The van der Waals surface area contributed by atoms with Crippen LogP contribution in [0.1, 0.15) is 54.6 Å². The van der Waals surface area contributed by atoms with Gasteiger partial charge in [0.2, 0.25) is 0 Å². The van der Waals surface area contributed by atoms with Gasteiger partial charge in [0.05, 0.1) is 12.0 Å². The van der Waals surface area contributed by atoms with Gasteiger partial charge >= 0.3 is 5.97 Å². The minimum atomic E-state index is -0.948. The zero-order chi connectivity index (χ0) is 27.4. The van der Waals surface area contributed by atoms with Crippen LogP contribution in [0, 0.1) is 5.92 Å². The molecule has 0 bridgehead atoms. The number of aliphatic hydroxyl groups is 1. The first-order valence-electron chi connectivity index (χ1n) is 13.0. The van der Waals surface area contributed by atoms with Gasteiger partial charge < -0.3 is 19.9 Å². The fraction of sp³-hybridized carbons (Fsp3) is 0.219. The number of aromatic nitrogens is 1. The van der Waals surface area contributed by atoms with Crippen LogP contribution in [0.3, 0.4) is 0 Å². The van der Waals surface area contributed by atoms with Crippen molar-refractivity contribution >= 4 is 34.6 Å². The number of carbonyl (C=O) groups excluding carboxylic acids is 1. The normalized spacial score (nSPS) is 14.6. The van der Waals surface area contributed by atoms with Crippen molar-refractivity contribution in [2.75, 3.05) is 5.32 Å². The lowest BCUT2D eigenvalue weighted by atomic mass is 9.90. The summed E-state index contributed by atoms with van der Waals surface area (Å²) in [5.41, 5.74) is 6.27. The highest BCUT2D eigenvalue weighted by Crippen LogP contribution is 2.28. The Morgan fingerprint density at radius 2 is 1.72 bits per heavy atom. The van der Waals surface area contributed by atoms with Gasteiger partial charge in [-0.05, 0) is 67.1 Å². The maximum Gasteiger partial charge on any atom is 0.307 e. The molecule has 0 saturated carbocycles. The maximum absolute atomic E-state index is 12.8. The summed E-state index contributed by atoms with van der Waals surface area (Å²) in [4.78, 5) is 29.1. The maximum atomic E-state index is 12.8. The van der Waals surface area contributed by atoms with Crippen LogP contribution in [0.2, 0.25) is 0 Å². The molecule has 1 aromatic heterocycles. The van der Waals surface area contributed by atoms with E-state index in [9.17, 15) is 19.8 Å². The molecule has 5 rings (SSSR count). The van der Waals surface area contributed by atoms with Gasteiger partial charge in [0.25, 0.3) is 6.01 Å². The molecule has 0 radical (unpaired) electrons. The van der Waals surface area contributed by atoms with Gasteiger partial charge in [0.15, 0.2) is 11.4 Å². The second-order valence-corrected chi connectivity index (χ2v) is 9.83. The molecule has 0 spiro atoms. The van der Waals surface area contributed by atoms with E-state index in [-0.39, 0.29) is 12.2 Å². The van der Waals surface area contributed by atoms with Crippen molar-refractivity contribution in [3.63, 3.8) is 0 Å². The second-order valence-electron chi connectivity index (χ2n) is 9.83. The van der Waals surface area contributed by atoms with Gasteiger partial charge in [-0.2, -0.15) is 4.98 Å². The molecule has 3 N–H and O–H groups in total. The van der Waals surface area contributed by atoms with Crippen molar-refractivity contribution < 1.29 is 24.2 Å². The van der Waals surface area contributed by atoms with Crippen molar-refractivity contribution in [2.24, 2.45) is 5.92 Å². The number of carbonyl (C=O) groups is 2. The van der Waals surface area contributed by atoms with Crippen LogP contribution in [0.5, 0.6) is 0 Å². The Morgan fingerprint density at radius 1 is 1.00 bits per heavy atom. The number of rotatable bonds is 10. The first-order chi connectivity index (χ1) is 18.9. The molecule has 0 fully saturated rings. The molecule has 7 nitrogen and oxygen atoms in total. The van der Waals surface area contributed by atoms with Gasteiger partial charge in [-0.1, -0.05) is 66.3 Å². The largest absolute Gasteiger partial charge is 0.481 e. The molecule has 39 heavy (non-hydrogen) atoms. The van der Waals surface area contributed by atoms with Crippen LogP contribution in [0.15, 0.2) is 94.9 Å². The van der Waals surface area contributed by atoms with E-state index in [0.29, 0.717) is 29.1 Å². The zero-order valence-corrected chi connectivity index (χ0v) is 21.6. The highest BCUT2D eigenvalue weighted by atomic mass is 16.4. The van der Waals surface area contributed by atoms with Crippen LogP contribution >= 0.6 is 0 Å². The van der Waals surface area contributed by atoms with E-state index in [2.05, 4.69) is 16.4 Å². The van der Waals surface area contributed by atoms with Crippen LogP contribution in [0.25, 0.3) is 22.2 Å². The molecule has 3 aromatic carbocycles. The second kappa shape index (κ2) is 11.5. The summed E-state index contributed by atoms with van der Waals surface area (Å²) in [5.74, 6) is -1.86. The van der Waals surface area contributed by atoms with Crippen molar-refractivity contribution in [3.8, 4) is 11.1 Å². The Balaban J connectivity index is 1.22. The Morgan fingerprint density at radius 3 is 2.36 bits per heavy atom. The average Bonchev–Trinajstić information content (AvgIpc) is 3.35. The number of benzene rings is 3. The molecule has 0 aliphatic heterocycles. The van der Waals surface area contributed by atoms with E-state index in [0.717, 1.165) is 40.8 Å². The summed E-state index contributed by atoms with van der Waals surface area (Å²) in [5, 5.41) is 22.6. The fourth-order valence-electron chi connectivity index (χ4n) is 4.67.